The van der Waals surface area contributed by atoms with Crippen LogP contribution in [0, 0.1) is 13.8 Å². The van der Waals surface area contributed by atoms with E-state index in [9.17, 15) is 0 Å². The number of hydrogen-bond acceptors (Lipinski definition) is 5. The number of imidazole rings is 1. The Morgan fingerprint density at radius 2 is 2.28 bits per heavy atom. The van der Waals surface area contributed by atoms with Crippen LogP contribution in [0.4, 0.5) is 0 Å². The van der Waals surface area contributed by atoms with E-state index in [0.29, 0.717) is 0 Å². The fraction of sp³-hybridized carbons (Fsp3) is 0.500. The molecule has 2 rings (SSSR count). The van der Waals surface area contributed by atoms with Crippen LogP contribution < -0.4 is 11.3 Å². The lowest BCUT2D eigenvalue weighted by Crippen LogP contribution is -2.31. The van der Waals surface area contributed by atoms with Crippen LogP contribution in [0.1, 0.15) is 40.8 Å². The lowest BCUT2D eigenvalue weighted by molar-refractivity contribution is 0.548. The molecule has 2 aromatic heterocycles. The fourth-order valence-electron chi connectivity index (χ4n) is 2.09. The van der Waals surface area contributed by atoms with Gasteiger partial charge in [-0.2, -0.15) is 0 Å². The molecule has 0 saturated carbocycles. The van der Waals surface area contributed by atoms with Crippen LogP contribution in [0.5, 0.6) is 0 Å². The molecule has 0 aliphatic rings. The highest BCUT2D eigenvalue weighted by molar-refractivity contribution is 7.11. The van der Waals surface area contributed by atoms with E-state index in [1.165, 1.54) is 0 Å². The summed E-state index contributed by atoms with van der Waals surface area (Å²) in [4.78, 5) is 10.0. The van der Waals surface area contributed by atoms with Crippen molar-refractivity contribution >= 4 is 11.3 Å². The molecule has 3 N–H and O–H groups in total. The highest BCUT2D eigenvalue weighted by atomic mass is 32.1. The SMILES string of the molecule is CCCn1ccnc1C(NN)c1sc(C)nc1C. The van der Waals surface area contributed by atoms with E-state index in [4.69, 9.17) is 5.84 Å². The van der Waals surface area contributed by atoms with E-state index in [1.807, 2.05) is 26.2 Å². The van der Waals surface area contributed by atoms with Crippen LogP contribution in [0.3, 0.4) is 0 Å². The predicted octanol–water partition coefficient (Wildman–Crippen LogP) is 1.92. The van der Waals surface area contributed by atoms with Crippen molar-refractivity contribution in [2.24, 2.45) is 5.84 Å². The third kappa shape index (κ3) is 2.45. The Kier molecular flexibility index (Phi) is 4.11. The molecular formula is C12H19N5S. The van der Waals surface area contributed by atoms with Crippen LogP contribution in [-0.4, -0.2) is 14.5 Å². The summed E-state index contributed by atoms with van der Waals surface area (Å²) in [5.74, 6) is 6.66. The molecular weight excluding hydrogens is 246 g/mol. The van der Waals surface area contributed by atoms with Gasteiger partial charge in [0.05, 0.1) is 15.6 Å². The van der Waals surface area contributed by atoms with Crippen LogP contribution in [0.2, 0.25) is 0 Å². The van der Waals surface area contributed by atoms with E-state index in [2.05, 4.69) is 26.9 Å². The molecule has 98 valence electrons. The minimum absolute atomic E-state index is 0.0854. The third-order valence-electron chi connectivity index (χ3n) is 2.84. The molecule has 6 heteroatoms. The molecule has 1 atom stereocenters. The molecule has 0 aromatic carbocycles. The van der Waals surface area contributed by atoms with Crippen molar-refractivity contribution in [1.82, 2.24) is 20.0 Å². The van der Waals surface area contributed by atoms with Crippen molar-refractivity contribution in [3.63, 3.8) is 0 Å². The predicted molar refractivity (Wildman–Crippen MR) is 73.3 cm³/mol. The molecule has 0 bridgehead atoms. The standard InChI is InChI=1S/C12H19N5S/c1-4-6-17-7-5-14-12(17)10(16-13)11-8(2)15-9(3)18-11/h5,7,10,16H,4,6,13H2,1-3H3. The molecule has 1 unspecified atom stereocenters. The first-order valence-corrected chi connectivity index (χ1v) is 6.90. The van der Waals surface area contributed by atoms with Gasteiger partial charge in [-0.25, -0.2) is 15.4 Å². The van der Waals surface area contributed by atoms with Gasteiger partial charge in [0.15, 0.2) is 0 Å². The van der Waals surface area contributed by atoms with E-state index in [-0.39, 0.29) is 6.04 Å². The zero-order valence-electron chi connectivity index (χ0n) is 11.0. The van der Waals surface area contributed by atoms with Crippen LogP contribution >= 0.6 is 11.3 Å². The maximum absolute atomic E-state index is 5.71. The summed E-state index contributed by atoms with van der Waals surface area (Å²) in [5, 5.41) is 1.05. The van der Waals surface area contributed by atoms with E-state index < -0.39 is 0 Å². The lowest BCUT2D eigenvalue weighted by atomic mass is 10.2. The molecule has 0 aliphatic carbocycles. The van der Waals surface area contributed by atoms with Crippen molar-refractivity contribution in [2.45, 2.75) is 39.8 Å². The Morgan fingerprint density at radius 3 is 2.83 bits per heavy atom. The molecule has 0 saturated heterocycles. The Balaban J connectivity index is 2.39. The van der Waals surface area contributed by atoms with Gasteiger partial charge >= 0.3 is 0 Å². The summed E-state index contributed by atoms with van der Waals surface area (Å²) in [6, 6.07) is -0.0854. The molecule has 5 nitrogen and oxygen atoms in total. The maximum Gasteiger partial charge on any atom is 0.132 e. The van der Waals surface area contributed by atoms with Gasteiger partial charge in [-0.1, -0.05) is 6.92 Å². The summed E-state index contributed by atoms with van der Waals surface area (Å²) >= 11 is 1.67. The number of nitrogens with two attached hydrogens (primary N) is 1. The normalized spacial score (nSPS) is 12.9. The van der Waals surface area contributed by atoms with Gasteiger partial charge in [-0.15, -0.1) is 11.3 Å². The zero-order valence-corrected chi connectivity index (χ0v) is 11.8. The number of nitrogens with one attached hydrogen (secondary N) is 1. The van der Waals surface area contributed by atoms with E-state index >= 15 is 0 Å². The lowest BCUT2D eigenvalue weighted by Gasteiger charge is -2.16. The molecule has 0 radical (unpaired) electrons. The van der Waals surface area contributed by atoms with Gasteiger partial charge in [0.1, 0.15) is 11.9 Å². The highest BCUT2D eigenvalue weighted by Gasteiger charge is 2.22. The van der Waals surface area contributed by atoms with Gasteiger partial charge in [0.25, 0.3) is 0 Å². The quantitative estimate of drug-likeness (QED) is 0.640. The fourth-order valence-corrected chi connectivity index (χ4v) is 3.08. The number of aromatic nitrogens is 3. The Labute approximate surface area is 111 Å². The second-order valence-electron chi connectivity index (χ2n) is 4.26. The van der Waals surface area contributed by atoms with Crippen molar-refractivity contribution in [1.29, 1.82) is 0 Å². The van der Waals surface area contributed by atoms with Gasteiger partial charge < -0.3 is 4.57 Å². The number of rotatable bonds is 5. The van der Waals surface area contributed by atoms with E-state index in [1.54, 1.807) is 11.3 Å². The summed E-state index contributed by atoms with van der Waals surface area (Å²) in [5.41, 5.74) is 3.88. The minimum Gasteiger partial charge on any atom is -0.333 e. The minimum atomic E-state index is -0.0854. The van der Waals surface area contributed by atoms with Gasteiger partial charge in [-0.3, -0.25) is 5.84 Å². The first kappa shape index (κ1) is 13.2. The third-order valence-corrected chi connectivity index (χ3v) is 3.98. The van der Waals surface area contributed by atoms with Gasteiger partial charge in [0.2, 0.25) is 0 Å². The van der Waals surface area contributed by atoms with Crippen molar-refractivity contribution in [3.8, 4) is 0 Å². The molecule has 0 aliphatic heterocycles. The number of hydrogen-bond donors (Lipinski definition) is 2. The van der Waals surface area contributed by atoms with Crippen LogP contribution in [0.25, 0.3) is 0 Å². The second-order valence-corrected chi connectivity index (χ2v) is 5.50. The average Bonchev–Trinajstić information content (AvgIpc) is 2.89. The molecule has 0 spiro atoms. The topological polar surface area (TPSA) is 68.8 Å². The summed E-state index contributed by atoms with van der Waals surface area (Å²) < 4.78 is 2.14. The van der Waals surface area contributed by atoms with Crippen molar-refractivity contribution in [2.75, 3.05) is 0 Å². The molecule has 0 amide bonds. The zero-order chi connectivity index (χ0) is 13.1. The smallest absolute Gasteiger partial charge is 0.132 e. The molecule has 2 heterocycles. The summed E-state index contributed by atoms with van der Waals surface area (Å²) in [7, 11) is 0. The monoisotopic (exact) mass is 265 g/mol. The highest BCUT2D eigenvalue weighted by Crippen LogP contribution is 2.28. The van der Waals surface area contributed by atoms with Crippen LogP contribution in [0.15, 0.2) is 12.4 Å². The second kappa shape index (κ2) is 5.60. The van der Waals surface area contributed by atoms with Crippen molar-refractivity contribution < 1.29 is 0 Å². The molecule has 2 aromatic rings. The Morgan fingerprint density at radius 1 is 1.50 bits per heavy atom. The summed E-state index contributed by atoms with van der Waals surface area (Å²) in [6.07, 6.45) is 4.88. The largest absolute Gasteiger partial charge is 0.333 e. The number of thiazole rings is 1. The van der Waals surface area contributed by atoms with Gasteiger partial charge in [0, 0.05) is 18.9 Å². The number of aryl methyl sites for hydroxylation is 3. The molecule has 18 heavy (non-hydrogen) atoms. The number of nitrogens with zero attached hydrogens (tertiary/aromatic N) is 3. The Bertz CT molecular complexity index is 516. The Hall–Kier alpha value is -1.24. The van der Waals surface area contributed by atoms with Crippen molar-refractivity contribution in [3.05, 3.63) is 33.8 Å². The first-order valence-electron chi connectivity index (χ1n) is 6.08. The molecule has 0 fully saturated rings. The number of hydrazine groups is 1. The average molecular weight is 265 g/mol. The maximum atomic E-state index is 5.71. The van der Waals surface area contributed by atoms with Crippen LogP contribution in [-0.2, 0) is 6.54 Å². The first-order chi connectivity index (χ1) is 8.67. The summed E-state index contributed by atoms with van der Waals surface area (Å²) in [6.45, 7) is 7.12. The van der Waals surface area contributed by atoms with Gasteiger partial charge in [-0.05, 0) is 20.3 Å². The van der Waals surface area contributed by atoms with E-state index in [0.717, 1.165) is 34.4 Å².